The molecule has 1 amide bonds. The van der Waals surface area contributed by atoms with Gasteiger partial charge < -0.3 is 14.8 Å². The molecule has 2 bridgehead atoms. The van der Waals surface area contributed by atoms with E-state index in [4.69, 9.17) is 9.47 Å². The Morgan fingerprint density at radius 3 is 2.46 bits per heavy atom. The number of carbonyl (C=O) groups is 2. The molecule has 5 heteroatoms. The van der Waals surface area contributed by atoms with E-state index in [1.807, 2.05) is 30.3 Å². The van der Waals surface area contributed by atoms with Crippen LogP contribution >= 0.6 is 0 Å². The summed E-state index contributed by atoms with van der Waals surface area (Å²) in [6, 6.07) is 9.27. The molecule has 0 saturated heterocycles. The van der Waals surface area contributed by atoms with Crippen LogP contribution in [0.25, 0.3) is 0 Å². The lowest BCUT2D eigenvalue weighted by atomic mass is 9.66. The van der Waals surface area contributed by atoms with Crippen molar-refractivity contribution in [3.05, 3.63) is 48.0 Å². The van der Waals surface area contributed by atoms with Crippen LogP contribution in [0.4, 0.5) is 4.79 Å². The molecule has 1 fully saturated rings. The highest BCUT2D eigenvalue weighted by molar-refractivity contribution is 5.76. The first-order valence-electron chi connectivity index (χ1n) is 8.51. The Labute approximate surface area is 142 Å². The molecule has 0 spiro atoms. The molecule has 4 atom stereocenters. The molecule has 0 heterocycles. The second-order valence-corrected chi connectivity index (χ2v) is 6.30. The summed E-state index contributed by atoms with van der Waals surface area (Å²) < 4.78 is 10.5. The van der Waals surface area contributed by atoms with Crippen LogP contribution in [0, 0.1) is 17.8 Å². The first-order chi connectivity index (χ1) is 11.7. The second kappa shape index (κ2) is 7.51. The van der Waals surface area contributed by atoms with Gasteiger partial charge in [-0.15, -0.1) is 0 Å². The summed E-state index contributed by atoms with van der Waals surface area (Å²) >= 11 is 0. The third-order valence-corrected chi connectivity index (χ3v) is 4.80. The highest BCUT2D eigenvalue weighted by Gasteiger charge is 2.46. The zero-order chi connectivity index (χ0) is 16.9. The Bertz CT molecular complexity index is 613. The van der Waals surface area contributed by atoms with Gasteiger partial charge >= 0.3 is 12.1 Å². The van der Waals surface area contributed by atoms with Gasteiger partial charge in [0.1, 0.15) is 6.61 Å². The predicted molar refractivity (Wildman–Crippen MR) is 89.0 cm³/mol. The van der Waals surface area contributed by atoms with Crippen molar-refractivity contribution in [3.63, 3.8) is 0 Å². The van der Waals surface area contributed by atoms with E-state index in [-0.39, 0.29) is 36.4 Å². The Morgan fingerprint density at radius 2 is 1.79 bits per heavy atom. The number of esters is 1. The summed E-state index contributed by atoms with van der Waals surface area (Å²) in [7, 11) is 0. The molecule has 5 nitrogen and oxygen atoms in total. The highest BCUT2D eigenvalue weighted by atomic mass is 16.5. The van der Waals surface area contributed by atoms with E-state index in [0.29, 0.717) is 6.61 Å². The molecule has 3 aliphatic carbocycles. The fraction of sp³-hybridized carbons (Fsp3) is 0.474. The predicted octanol–water partition coefficient (Wildman–Crippen LogP) is 3.06. The van der Waals surface area contributed by atoms with Gasteiger partial charge in [-0.25, -0.2) is 4.79 Å². The summed E-state index contributed by atoms with van der Waals surface area (Å²) in [6.45, 7) is 2.36. The molecule has 0 radical (unpaired) electrons. The van der Waals surface area contributed by atoms with Crippen molar-refractivity contribution in [1.82, 2.24) is 5.32 Å². The normalized spacial score (nSPS) is 27.5. The summed E-state index contributed by atoms with van der Waals surface area (Å²) in [5, 5.41) is 2.90. The number of alkyl carbamates (subject to hydrolysis) is 1. The van der Waals surface area contributed by atoms with Crippen LogP contribution in [-0.4, -0.2) is 24.7 Å². The Hall–Kier alpha value is -2.30. The Kier molecular flexibility index (Phi) is 5.18. The minimum Gasteiger partial charge on any atom is -0.466 e. The van der Waals surface area contributed by atoms with Crippen LogP contribution < -0.4 is 5.32 Å². The number of hydrogen-bond acceptors (Lipinski definition) is 4. The van der Waals surface area contributed by atoms with Crippen LogP contribution in [-0.2, 0) is 20.9 Å². The first-order valence-corrected chi connectivity index (χ1v) is 8.51. The monoisotopic (exact) mass is 329 g/mol. The zero-order valence-corrected chi connectivity index (χ0v) is 13.8. The molecule has 1 saturated carbocycles. The van der Waals surface area contributed by atoms with Crippen molar-refractivity contribution in [1.29, 1.82) is 0 Å². The topological polar surface area (TPSA) is 64.6 Å². The largest absolute Gasteiger partial charge is 0.466 e. The van der Waals surface area contributed by atoms with E-state index in [1.165, 1.54) is 0 Å². The van der Waals surface area contributed by atoms with Crippen molar-refractivity contribution in [3.8, 4) is 0 Å². The average Bonchev–Trinajstić information content (AvgIpc) is 2.62. The number of nitrogens with one attached hydrogen (secondary N) is 1. The van der Waals surface area contributed by atoms with Gasteiger partial charge in [0.05, 0.1) is 18.6 Å². The lowest BCUT2D eigenvalue weighted by Gasteiger charge is -2.43. The Morgan fingerprint density at radius 1 is 1.08 bits per heavy atom. The maximum Gasteiger partial charge on any atom is 0.407 e. The Balaban J connectivity index is 1.62. The third-order valence-electron chi connectivity index (χ3n) is 4.80. The fourth-order valence-electron chi connectivity index (χ4n) is 3.65. The lowest BCUT2D eigenvalue weighted by molar-refractivity contribution is -0.152. The van der Waals surface area contributed by atoms with Crippen LogP contribution in [0.15, 0.2) is 42.5 Å². The van der Waals surface area contributed by atoms with Gasteiger partial charge in [-0.3, -0.25) is 4.79 Å². The fourth-order valence-corrected chi connectivity index (χ4v) is 3.65. The maximum atomic E-state index is 12.3. The molecular weight excluding hydrogens is 306 g/mol. The van der Waals surface area contributed by atoms with Crippen molar-refractivity contribution < 1.29 is 19.1 Å². The quantitative estimate of drug-likeness (QED) is 0.666. The molecule has 1 aromatic carbocycles. The molecule has 4 rings (SSSR count). The number of hydrogen-bond donors (Lipinski definition) is 1. The second-order valence-electron chi connectivity index (χ2n) is 6.30. The van der Waals surface area contributed by atoms with Crippen LogP contribution in [0.5, 0.6) is 0 Å². The summed E-state index contributed by atoms with van der Waals surface area (Å²) in [5.74, 6) is -0.259. The molecule has 3 aliphatic rings. The number of amides is 1. The summed E-state index contributed by atoms with van der Waals surface area (Å²) in [6.07, 6.45) is 5.64. The van der Waals surface area contributed by atoms with E-state index >= 15 is 0 Å². The van der Waals surface area contributed by atoms with Crippen LogP contribution in [0.1, 0.15) is 25.3 Å². The molecule has 0 aliphatic heterocycles. The van der Waals surface area contributed by atoms with E-state index in [2.05, 4.69) is 17.5 Å². The molecule has 1 N–H and O–H groups in total. The zero-order valence-electron chi connectivity index (χ0n) is 13.8. The SMILES string of the molecule is CCOC(=O)[C@@H]1C(NC(=O)OCc2ccccc2)[C@H]2C=C[C@@H]1CC2. The number of fused-ring (bicyclic) bond motifs is 2. The molecule has 128 valence electrons. The average molecular weight is 329 g/mol. The molecule has 0 aromatic heterocycles. The number of rotatable bonds is 5. The van der Waals surface area contributed by atoms with Gasteiger partial charge in [0, 0.05) is 0 Å². The van der Waals surface area contributed by atoms with Crippen molar-refractivity contribution in [2.24, 2.45) is 17.8 Å². The molecule has 24 heavy (non-hydrogen) atoms. The number of carbonyl (C=O) groups excluding carboxylic acids is 2. The van der Waals surface area contributed by atoms with E-state index in [9.17, 15) is 9.59 Å². The minimum absolute atomic E-state index is 0.133. The molecular formula is C19H23NO4. The number of allylic oxidation sites excluding steroid dienone is 1. The highest BCUT2D eigenvalue weighted by Crippen LogP contribution is 2.41. The van der Waals surface area contributed by atoms with Gasteiger partial charge in [0.25, 0.3) is 0 Å². The van der Waals surface area contributed by atoms with Gasteiger partial charge in [-0.2, -0.15) is 0 Å². The van der Waals surface area contributed by atoms with Crippen molar-refractivity contribution in [2.45, 2.75) is 32.4 Å². The summed E-state index contributed by atoms with van der Waals surface area (Å²) in [5.41, 5.74) is 0.930. The van der Waals surface area contributed by atoms with E-state index < -0.39 is 6.09 Å². The number of benzene rings is 1. The van der Waals surface area contributed by atoms with Gasteiger partial charge in [0.15, 0.2) is 0 Å². The van der Waals surface area contributed by atoms with Crippen LogP contribution in [0.3, 0.4) is 0 Å². The van der Waals surface area contributed by atoms with Gasteiger partial charge in [-0.05, 0) is 37.2 Å². The lowest BCUT2D eigenvalue weighted by Crippen LogP contribution is -2.54. The molecule has 1 aromatic rings. The van der Waals surface area contributed by atoms with E-state index in [1.54, 1.807) is 6.92 Å². The third kappa shape index (κ3) is 3.61. The standard InChI is InChI=1S/C19H23NO4/c1-2-23-18(21)16-14-8-10-15(11-9-14)17(16)20-19(22)24-12-13-6-4-3-5-7-13/h3-8,10,14-17H,2,9,11-12H2,1H3,(H,20,22)/t14-,15+,16+,17?/m1/s1. The maximum absolute atomic E-state index is 12.3. The van der Waals surface area contributed by atoms with Gasteiger partial charge in [-0.1, -0.05) is 42.5 Å². The minimum atomic E-state index is -0.487. The van der Waals surface area contributed by atoms with Crippen LogP contribution in [0.2, 0.25) is 0 Å². The molecule has 1 unspecified atom stereocenters. The van der Waals surface area contributed by atoms with Gasteiger partial charge in [0.2, 0.25) is 0 Å². The van der Waals surface area contributed by atoms with Crippen molar-refractivity contribution in [2.75, 3.05) is 6.61 Å². The smallest absolute Gasteiger partial charge is 0.407 e. The van der Waals surface area contributed by atoms with Crippen molar-refractivity contribution >= 4 is 12.1 Å². The van der Waals surface area contributed by atoms with E-state index in [0.717, 1.165) is 18.4 Å². The number of ether oxygens (including phenoxy) is 2. The first kappa shape index (κ1) is 16.6. The summed E-state index contributed by atoms with van der Waals surface area (Å²) in [4.78, 5) is 24.5.